The van der Waals surface area contributed by atoms with E-state index in [2.05, 4.69) is 10.0 Å². The molecule has 1 aromatic rings. The molecule has 0 unspecified atom stereocenters. The molecule has 0 saturated heterocycles. The van der Waals surface area contributed by atoms with Crippen molar-refractivity contribution in [3.63, 3.8) is 0 Å². The maximum absolute atomic E-state index is 13.3. The third-order valence-electron chi connectivity index (χ3n) is 2.08. The fourth-order valence-corrected chi connectivity index (χ4v) is 1.26. The van der Waals surface area contributed by atoms with Gasteiger partial charge in [0.05, 0.1) is 4.92 Å². The van der Waals surface area contributed by atoms with E-state index in [1.807, 2.05) is 0 Å². The highest BCUT2D eigenvalue weighted by molar-refractivity contribution is 5.57. The first kappa shape index (κ1) is 12.7. The van der Waals surface area contributed by atoms with Crippen molar-refractivity contribution in [3.8, 4) is 0 Å². The summed E-state index contributed by atoms with van der Waals surface area (Å²) in [5.41, 5.74) is 8.60. The monoisotopic (exact) mass is 236 g/mol. The van der Waals surface area contributed by atoms with E-state index in [4.69, 9.17) is 5.53 Å². The summed E-state index contributed by atoms with van der Waals surface area (Å²) in [5.74, 6) is -0.885. The van der Waals surface area contributed by atoms with Gasteiger partial charge < -0.3 is 0 Å². The third kappa shape index (κ3) is 3.29. The molecule has 0 aliphatic heterocycles. The van der Waals surface area contributed by atoms with Gasteiger partial charge in [0.2, 0.25) is 5.82 Å². The van der Waals surface area contributed by atoms with E-state index < -0.39 is 16.4 Å². The van der Waals surface area contributed by atoms with Crippen LogP contribution in [0, 0.1) is 22.9 Å². The molecule has 0 amide bonds. The fourth-order valence-electron chi connectivity index (χ4n) is 1.26. The Labute approximate surface area is 96.2 Å². The Bertz CT molecular complexity index is 521. The van der Waals surface area contributed by atoms with Crippen LogP contribution >= 0.6 is 0 Å². The Morgan fingerprint density at radius 1 is 1.65 bits per heavy atom. The van der Waals surface area contributed by atoms with Crippen molar-refractivity contribution in [2.45, 2.75) is 6.92 Å². The number of aryl methyl sites for hydroxylation is 1. The summed E-state index contributed by atoms with van der Waals surface area (Å²) < 4.78 is 13.3. The van der Waals surface area contributed by atoms with Crippen molar-refractivity contribution < 1.29 is 9.31 Å². The number of rotatable bonds is 4. The number of hydrogen-bond acceptors (Lipinski definition) is 3. The van der Waals surface area contributed by atoms with Crippen LogP contribution in [0.3, 0.4) is 0 Å². The molecule has 0 aliphatic carbocycles. The number of nitrogens with zero attached hydrogens (tertiary/aromatic N) is 4. The van der Waals surface area contributed by atoms with Crippen molar-refractivity contribution in [1.29, 1.82) is 0 Å². The lowest BCUT2D eigenvalue weighted by molar-refractivity contribution is -0.387. The van der Waals surface area contributed by atoms with Gasteiger partial charge in [-0.15, -0.1) is 0 Å². The highest BCUT2D eigenvalue weighted by Gasteiger charge is 2.15. The number of nitro benzene ring substituents is 1. The van der Waals surface area contributed by atoms with Crippen LogP contribution in [0.15, 0.2) is 23.3 Å². The fraction of sp³-hybridized carbons (Fsp3) is 0.200. The first-order valence-corrected chi connectivity index (χ1v) is 4.68. The van der Waals surface area contributed by atoms with Crippen LogP contribution in [0.1, 0.15) is 11.1 Å². The summed E-state index contributed by atoms with van der Waals surface area (Å²) in [6, 6.07) is 2.25. The molecular weight excluding hydrogens is 227 g/mol. The second-order valence-corrected chi connectivity index (χ2v) is 3.23. The molecule has 1 aromatic carbocycles. The topological polar surface area (TPSA) is 91.9 Å². The van der Waals surface area contributed by atoms with Gasteiger partial charge in [0.15, 0.2) is 0 Å². The maximum Gasteiger partial charge on any atom is 0.305 e. The van der Waals surface area contributed by atoms with Crippen molar-refractivity contribution >= 4 is 11.8 Å². The van der Waals surface area contributed by atoms with Crippen LogP contribution in [0.5, 0.6) is 0 Å². The van der Waals surface area contributed by atoms with Crippen molar-refractivity contribution in [1.82, 2.24) is 0 Å². The molecule has 17 heavy (non-hydrogen) atoms. The number of nitro groups is 1. The minimum atomic E-state index is -0.885. The number of hydrogen-bond donors (Lipinski definition) is 0. The van der Waals surface area contributed by atoms with Gasteiger partial charge >= 0.3 is 5.69 Å². The number of azide groups is 1. The minimum absolute atomic E-state index is 0.147. The van der Waals surface area contributed by atoms with Gasteiger partial charge in [-0.3, -0.25) is 10.1 Å². The summed E-state index contributed by atoms with van der Waals surface area (Å²) in [6.07, 6.45) is 3.10. The number of benzene rings is 1. The molecule has 0 aliphatic rings. The van der Waals surface area contributed by atoms with E-state index in [1.54, 1.807) is 19.1 Å². The molecule has 0 heterocycles. The number of halogens is 1. The Balaban J connectivity index is 3.03. The average Bonchev–Trinajstić information content (AvgIpc) is 2.28. The van der Waals surface area contributed by atoms with Gasteiger partial charge in [-0.25, -0.2) is 0 Å². The summed E-state index contributed by atoms with van der Waals surface area (Å²) in [4.78, 5) is 12.3. The maximum atomic E-state index is 13.3. The lowest BCUT2D eigenvalue weighted by atomic mass is 10.1. The first-order valence-electron chi connectivity index (χ1n) is 4.68. The van der Waals surface area contributed by atoms with Crippen LogP contribution in [0.4, 0.5) is 10.1 Å². The second-order valence-electron chi connectivity index (χ2n) is 3.23. The minimum Gasteiger partial charge on any atom is -0.258 e. The zero-order valence-electron chi connectivity index (χ0n) is 9.00. The molecule has 1 rings (SSSR count). The normalized spacial score (nSPS) is 10.2. The van der Waals surface area contributed by atoms with Crippen molar-refractivity contribution in [2.24, 2.45) is 5.11 Å². The highest BCUT2D eigenvalue weighted by atomic mass is 19.1. The van der Waals surface area contributed by atoms with Gasteiger partial charge in [-0.2, -0.15) is 4.39 Å². The van der Waals surface area contributed by atoms with Crippen LogP contribution < -0.4 is 0 Å². The third-order valence-corrected chi connectivity index (χ3v) is 2.08. The molecule has 0 radical (unpaired) electrons. The first-order chi connectivity index (χ1) is 8.06. The molecule has 0 saturated carbocycles. The lowest BCUT2D eigenvalue weighted by Gasteiger charge is -2.01. The zero-order valence-corrected chi connectivity index (χ0v) is 9.00. The van der Waals surface area contributed by atoms with Crippen molar-refractivity contribution in [3.05, 3.63) is 55.7 Å². The lowest BCUT2D eigenvalue weighted by Crippen LogP contribution is -1.95. The average molecular weight is 236 g/mol. The van der Waals surface area contributed by atoms with E-state index in [1.165, 1.54) is 6.07 Å². The van der Waals surface area contributed by atoms with Gasteiger partial charge in [-0.1, -0.05) is 17.3 Å². The van der Waals surface area contributed by atoms with E-state index in [0.29, 0.717) is 11.1 Å². The molecule has 6 nitrogen and oxygen atoms in total. The summed E-state index contributed by atoms with van der Waals surface area (Å²) in [7, 11) is 0. The predicted molar refractivity (Wildman–Crippen MR) is 60.8 cm³/mol. The molecule has 0 spiro atoms. The largest absolute Gasteiger partial charge is 0.305 e. The van der Waals surface area contributed by atoms with Crippen LogP contribution in [0.2, 0.25) is 0 Å². The van der Waals surface area contributed by atoms with Gasteiger partial charge in [-0.05, 0) is 29.6 Å². The molecule has 0 bridgehead atoms. The molecule has 0 atom stereocenters. The Morgan fingerprint density at radius 2 is 2.35 bits per heavy atom. The Kier molecular flexibility index (Phi) is 4.19. The molecule has 0 fully saturated rings. The SMILES string of the molecule is Cc1cc([N+](=O)[O-])c(F)cc1C=CCN=[N+]=[N-]. The predicted octanol–water partition coefficient (Wildman–Crippen LogP) is 3.37. The van der Waals surface area contributed by atoms with E-state index in [-0.39, 0.29) is 6.54 Å². The van der Waals surface area contributed by atoms with Crippen LogP contribution in [0.25, 0.3) is 16.5 Å². The quantitative estimate of drug-likeness (QED) is 0.263. The zero-order chi connectivity index (χ0) is 12.8. The molecule has 88 valence electrons. The van der Waals surface area contributed by atoms with Gasteiger partial charge in [0, 0.05) is 17.5 Å². The van der Waals surface area contributed by atoms with E-state index in [9.17, 15) is 14.5 Å². The smallest absolute Gasteiger partial charge is 0.258 e. The van der Waals surface area contributed by atoms with Crippen LogP contribution in [-0.2, 0) is 0 Å². The standard InChI is InChI=1S/C10H9FN4O2/c1-7-5-10(15(16)17)9(11)6-8(7)3-2-4-13-14-12/h2-3,5-6H,4H2,1H3. The molecule has 0 aromatic heterocycles. The van der Waals surface area contributed by atoms with E-state index >= 15 is 0 Å². The van der Waals surface area contributed by atoms with Gasteiger partial charge in [0.25, 0.3) is 0 Å². The Hall–Kier alpha value is -2.40. The second kappa shape index (κ2) is 5.62. The van der Waals surface area contributed by atoms with Gasteiger partial charge in [0.1, 0.15) is 0 Å². The summed E-state index contributed by atoms with van der Waals surface area (Å²) in [5, 5.41) is 13.8. The molecular formula is C10H9FN4O2. The Morgan fingerprint density at radius 3 is 2.94 bits per heavy atom. The van der Waals surface area contributed by atoms with Crippen LogP contribution in [-0.4, -0.2) is 11.5 Å². The van der Waals surface area contributed by atoms with Crippen molar-refractivity contribution in [2.75, 3.05) is 6.54 Å². The molecule has 7 heteroatoms. The summed E-state index contributed by atoms with van der Waals surface area (Å²) in [6.45, 7) is 1.79. The highest BCUT2D eigenvalue weighted by Crippen LogP contribution is 2.22. The van der Waals surface area contributed by atoms with E-state index in [0.717, 1.165) is 6.07 Å². The summed E-state index contributed by atoms with van der Waals surface area (Å²) >= 11 is 0. The molecule has 0 N–H and O–H groups in total.